The van der Waals surface area contributed by atoms with Gasteiger partial charge in [0.15, 0.2) is 0 Å². The lowest BCUT2D eigenvalue weighted by Gasteiger charge is -2.10. The van der Waals surface area contributed by atoms with E-state index >= 15 is 0 Å². The topological polar surface area (TPSA) is 0 Å². The number of benzene rings is 2. The van der Waals surface area contributed by atoms with E-state index in [1.54, 1.807) is 0 Å². The molecule has 0 bridgehead atoms. The zero-order chi connectivity index (χ0) is 11.1. The minimum absolute atomic E-state index is 1.07. The van der Waals surface area contributed by atoms with Gasteiger partial charge in [0, 0.05) is 4.47 Å². The van der Waals surface area contributed by atoms with Crippen LogP contribution in [0.1, 0.15) is 24.5 Å². The van der Waals surface area contributed by atoms with Crippen molar-refractivity contribution in [3.8, 4) is 0 Å². The first-order valence-electron chi connectivity index (χ1n) is 5.70. The van der Waals surface area contributed by atoms with Crippen molar-refractivity contribution in [3.63, 3.8) is 0 Å². The molecule has 16 heavy (non-hydrogen) atoms. The molecule has 0 unspecified atom stereocenters. The molecule has 3 rings (SSSR count). The van der Waals surface area contributed by atoms with Gasteiger partial charge in [-0.1, -0.05) is 53.2 Å². The van der Waals surface area contributed by atoms with Gasteiger partial charge in [-0.3, -0.25) is 0 Å². The number of hydrogen-bond acceptors (Lipinski definition) is 0. The molecule has 1 heteroatoms. The summed E-state index contributed by atoms with van der Waals surface area (Å²) in [7, 11) is 0. The van der Waals surface area contributed by atoms with E-state index < -0.39 is 0 Å². The number of rotatable bonds is 1. The maximum absolute atomic E-state index is 3.69. The number of halogens is 1. The molecule has 0 saturated carbocycles. The highest BCUT2D eigenvalue weighted by Crippen LogP contribution is 2.39. The largest absolute Gasteiger partial charge is 0.0762 e. The molecule has 2 aromatic carbocycles. The Morgan fingerprint density at radius 1 is 1.25 bits per heavy atom. The van der Waals surface area contributed by atoms with Gasteiger partial charge in [-0.05, 0) is 46.4 Å². The number of allylic oxidation sites excluding steroid dienone is 2. The van der Waals surface area contributed by atoms with Gasteiger partial charge < -0.3 is 0 Å². The quantitative estimate of drug-likeness (QED) is 0.689. The summed E-state index contributed by atoms with van der Waals surface area (Å²) in [6, 6.07) is 10.9. The van der Waals surface area contributed by atoms with E-state index in [1.807, 2.05) is 0 Å². The molecule has 0 atom stereocenters. The Hall–Kier alpha value is -1.08. The molecule has 0 amide bonds. The van der Waals surface area contributed by atoms with Crippen LogP contribution in [0.4, 0.5) is 0 Å². The smallest absolute Gasteiger partial charge is 0.0222 e. The Balaban J connectivity index is 2.42. The highest BCUT2D eigenvalue weighted by atomic mass is 79.9. The average molecular weight is 273 g/mol. The molecule has 0 nitrogen and oxygen atoms in total. The van der Waals surface area contributed by atoms with E-state index in [1.165, 1.54) is 31.9 Å². The molecule has 0 aliphatic heterocycles. The summed E-state index contributed by atoms with van der Waals surface area (Å²) in [5.74, 6) is 0. The third-order valence-corrected chi connectivity index (χ3v) is 4.06. The number of fused-ring (bicyclic) bond motifs is 3. The first kappa shape index (κ1) is 10.1. The summed E-state index contributed by atoms with van der Waals surface area (Å²) < 4.78 is 1.25. The number of hydrogen-bond donors (Lipinski definition) is 0. The van der Waals surface area contributed by atoms with Crippen LogP contribution in [-0.2, 0) is 6.42 Å². The van der Waals surface area contributed by atoms with E-state index in [0.29, 0.717) is 0 Å². The van der Waals surface area contributed by atoms with Gasteiger partial charge in [-0.25, -0.2) is 0 Å². The second-order valence-electron chi connectivity index (χ2n) is 4.22. The van der Waals surface area contributed by atoms with Crippen LogP contribution in [0.25, 0.3) is 16.3 Å². The molecular weight excluding hydrogens is 260 g/mol. The lowest BCUT2D eigenvalue weighted by molar-refractivity contribution is 1.25. The molecule has 0 radical (unpaired) electrons. The Bertz CT molecular complexity index is 594. The molecule has 2 aromatic rings. The van der Waals surface area contributed by atoms with Gasteiger partial charge in [0.1, 0.15) is 0 Å². The van der Waals surface area contributed by atoms with Crippen LogP contribution in [0, 0.1) is 0 Å². The maximum atomic E-state index is 3.69. The van der Waals surface area contributed by atoms with Gasteiger partial charge in [0.05, 0.1) is 0 Å². The Morgan fingerprint density at radius 3 is 2.88 bits per heavy atom. The average Bonchev–Trinajstić information content (AvgIpc) is 2.74. The summed E-state index contributed by atoms with van der Waals surface area (Å²) in [6.07, 6.45) is 4.55. The molecule has 0 heterocycles. The molecule has 0 aromatic heterocycles. The standard InChI is InChI=1S/C15H13Br/c1-2-10-7-8-13-14(16)9-11-5-3-4-6-12(11)15(10)13/h3-7,9H,2,8H2,1H3. The van der Waals surface area contributed by atoms with Crippen molar-refractivity contribution in [2.24, 2.45) is 0 Å². The normalized spacial score (nSPS) is 14.0. The summed E-state index contributed by atoms with van der Waals surface area (Å²) >= 11 is 3.69. The van der Waals surface area contributed by atoms with E-state index in [0.717, 1.165) is 12.8 Å². The molecule has 1 aliphatic rings. The van der Waals surface area contributed by atoms with Gasteiger partial charge in [0.2, 0.25) is 0 Å². The van der Waals surface area contributed by atoms with Crippen molar-refractivity contribution in [2.45, 2.75) is 19.8 Å². The van der Waals surface area contributed by atoms with Crippen LogP contribution in [-0.4, -0.2) is 0 Å². The van der Waals surface area contributed by atoms with Crippen molar-refractivity contribution >= 4 is 32.3 Å². The van der Waals surface area contributed by atoms with Crippen LogP contribution >= 0.6 is 15.9 Å². The molecule has 0 N–H and O–H groups in total. The van der Waals surface area contributed by atoms with Crippen LogP contribution in [0.5, 0.6) is 0 Å². The van der Waals surface area contributed by atoms with E-state index in [9.17, 15) is 0 Å². The monoisotopic (exact) mass is 272 g/mol. The first-order valence-corrected chi connectivity index (χ1v) is 6.50. The molecule has 1 aliphatic carbocycles. The third-order valence-electron chi connectivity index (χ3n) is 3.36. The second-order valence-corrected chi connectivity index (χ2v) is 5.07. The Kier molecular flexibility index (Phi) is 2.36. The van der Waals surface area contributed by atoms with Crippen molar-refractivity contribution in [1.29, 1.82) is 0 Å². The highest BCUT2D eigenvalue weighted by molar-refractivity contribution is 9.10. The summed E-state index contributed by atoms with van der Waals surface area (Å²) in [5, 5.41) is 2.72. The minimum Gasteiger partial charge on any atom is -0.0762 e. The predicted molar refractivity (Wildman–Crippen MR) is 73.6 cm³/mol. The Morgan fingerprint density at radius 2 is 2.06 bits per heavy atom. The van der Waals surface area contributed by atoms with Crippen LogP contribution < -0.4 is 0 Å². The SMILES string of the molecule is CCC1=CCc2c(Br)cc3ccccc3c21. The molecule has 0 saturated heterocycles. The predicted octanol–water partition coefficient (Wildman–Crippen LogP) is 4.95. The third kappa shape index (κ3) is 1.35. The van der Waals surface area contributed by atoms with Crippen molar-refractivity contribution < 1.29 is 0 Å². The zero-order valence-corrected chi connectivity index (χ0v) is 10.8. The summed E-state index contributed by atoms with van der Waals surface area (Å²) in [6.45, 7) is 2.23. The fourth-order valence-electron chi connectivity index (χ4n) is 2.57. The molecular formula is C15H13Br. The maximum Gasteiger partial charge on any atom is 0.0222 e. The van der Waals surface area contributed by atoms with Gasteiger partial charge in [0.25, 0.3) is 0 Å². The van der Waals surface area contributed by atoms with Crippen LogP contribution in [0.2, 0.25) is 0 Å². The van der Waals surface area contributed by atoms with Gasteiger partial charge >= 0.3 is 0 Å². The van der Waals surface area contributed by atoms with Crippen molar-refractivity contribution in [2.75, 3.05) is 0 Å². The fraction of sp³-hybridized carbons (Fsp3) is 0.200. The fourth-order valence-corrected chi connectivity index (χ4v) is 3.18. The van der Waals surface area contributed by atoms with E-state index in [4.69, 9.17) is 0 Å². The highest BCUT2D eigenvalue weighted by Gasteiger charge is 2.18. The lowest BCUT2D eigenvalue weighted by Crippen LogP contribution is -1.89. The van der Waals surface area contributed by atoms with Crippen molar-refractivity contribution in [3.05, 3.63) is 52.0 Å². The second kappa shape index (κ2) is 3.74. The van der Waals surface area contributed by atoms with Crippen LogP contribution in [0.3, 0.4) is 0 Å². The molecule has 80 valence electrons. The van der Waals surface area contributed by atoms with Crippen molar-refractivity contribution in [1.82, 2.24) is 0 Å². The first-order chi connectivity index (χ1) is 7.81. The minimum atomic E-state index is 1.07. The van der Waals surface area contributed by atoms with E-state index in [-0.39, 0.29) is 0 Å². The zero-order valence-electron chi connectivity index (χ0n) is 9.26. The summed E-state index contributed by atoms with van der Waals surface area (Å²) in [5.41, 5.74) is 4.41. The van der Waals surface area contributed by atoms with Gasteiger partial charge in [-0.15, -0.1) is 0 Å². The lowest BCUT2D eigenvalue weighted by atomic mass is 9.96. The summed E-state index contributed by atoms with van der Waals surface area (Å²) in [4.78, 5) is 0. The van der Waals surface area contributed by atoms with E-state index in [2.05, 4.69) is 59.3 Å². The molecule has 0 fully saturated rings. The Labute approximate surface area is 104 Å². The van der Waals surface area contributed by atoms with Crippen LogP contribution in [0.15, 0.2) is 40.9 Å². The van der Waals surface area contributed by atoms with Gasteiger partial charge in [-0.2, -0.15) is 0 Å². The molecule has 0 spiro atoms.